The van der Waals surface area contributed by atoms with Gasteiger partial charge in [0.15, 0.2) is 6.61 Å². The van der Waals surface area contributed by atoms with Crippen molar-refractivity contribution in [2.45, 2.75) is 33.2 Å². The number of aromatic nitrogens is 2. The normalized spacial score (nSPS) is 11.0. The molecule has 0 unspecified atom stereocenters. The van der Waals surface area contributed by atoms with Crippen molar-refractivity contribution in [3.05, 3.63) is 52.8 Å². The second kappa shape index (κ2) is 8.08. The Hall–Kier alpha value is -3.42. The van der Waals surface area contributed by atoms with Gasteiger partial charge < -0.3 is 19.7 Å². The Morgan fingerprint density at radius 3 is 2.79 bits per heavy atom. The molecule has 0 aliphatic heterocycles. The lowest BCUT2D eigenvalue weighted by Gasteiger charge is -2.10. The number of carbonyl (C=O) groups is 2. The van der Waals surface area contributed by atoms with Crippen molar-refractivity contribution in [3.8, 4) is 5.75 Å². The Morgan fingerprint density at radius 2 is 2.07 bits per heavy atom. The second-order valence-corrected chi connectivity index (χ2v) is 6.71. The average molecular weight is 383 g/mol. The highest BCUT2D eigenvalue weighted by molar-refractivity contribution is 6.06. The van der Waals surface area contributed by atoms with Gasteiger partial charge in [-0.3, -0.25) is 4.79 Å². The number of aryl methyl sites for hydroxylation is 1. The van der Waals surface area contributed by atoms with E-state index in [9.17, 15) is 9.59 Å². The quantitative estimate of drug-likeness (QED) is 0.644. The van der Waals surface area contributed by atoms with Crippen molar-refractivity contribution in [1.82, 2.24) is 15.5 Å². The minimum absolute atomic E-state index is 0.129. The van der Waals surface area contributed by atoms with E-state index in [4.69, 9.17) is 14.4 Å². The fourth-order valence-electron chi connectivity index (χ4n) is 2.76. The van der Waals surface area contributed by atoms with E-state index in [1.807, 2.05) is 19.9 Å². The summed E-state index contributed by atoms with van der Waals surface area (Å²) in [4.78, 5) is 27.9. The van der Waals surface area contributed by atoms with E-state index in [1.54, 1.807) is 31.2 Å². The smallest absolute Gasteiger partial charge is 0.341 e. The predicted molar refractivity (Wildman–Crippen MR) is 101 cm³/mol. The van der Waals surface area contributed by atoms with Crippen molar-refractivity contribution in [1.29, 1.82) is 0 Å². The van der Waals surface area contributed by atoms with E-state index in [-0.39, 0.29) is 18.4 Å². The zero-order valence-corrected chi connectivity index (χ0v) is 15.9. The summed E-state index contributed by atoms with van der Waals surface area (Å²) < 4.78 is 10.4. The van der Waals surface area contributed by atoms with Crippen LogP contribution in [0.2, 0.25) is 0 Å². The first-order chi connectivity index (χ1) is 13.3. The molecule has 1 amide bonds. The summed E-state index contributed by atoms with van der Waals surface area (Å²) in [7, 11) is 0. The van der Waals surface area contributed by atoms with Crippen LogP contribution < -0.4 is 10.1 Å². The number of hydrogen-bond acceptors (Lipinski definition) is 6. The minimum atomic E-state index is -1.05. The van der Waals surface area contributed by atoms with E-state index in [0.717, 1.165) is 11.3 Å². The molecule has 3 aromatic rings. The van der Waals surface area contributed by atoms with Gasteiger partial charge in [-0.25, -0.2) is 9.78 Å². The molecule has 0 atom stereocenters. The lowest BCUT2D eigenvalue weighted by Crippen LogP contribution is -2.23. The van der Waals surface area contributed by atoms with Crippen LogP contribution in [0, 0.1) is 6.92 Å². The van der Waals surface area contributed by atoms with Gasteiger partial charge in [0.25, 0.3) is 11.6 Å². The molecule has 2 aromatic heterocycles. The molecule has 0 bridgehead atoms. The molecule has 0 spiro atoms. The highest BCUT2D eigenvalue weighted by Gasteiger charge is 2.19. The summed E-state index contributed by atoms with van der Waals surface area (Å²) in [6, 6.07) is 8.68. The number of rotatable bonds is 7. The third-order valence-corrected chi connectivity index (χ3v) is 4.19. The molecule has 0 aliphatic rings. The summed E-state index contributed by atoms with van der Waals surface area (Å²) in [5.41, 5.74) is 2.95. The molecule has 0 radical (unpaired) electrons. The molecule has 8 nitrogen and oxygen atoms in total. The third-order valence-electron chi connectivity index (χ3n) is 4.19. The molecule has 146 valence electrons. The molecule has 0 aliphatic carbocycles. The number of amides is 1. The van der Waals surface area contributed by atoms with E-state index in [1.165, 1.54) is 0 Å². The molecule has 0 saturated carbocycles. The van der Waals surface area contributed by atoms with Crippen LogP contribution in [0.4, 0.5) is 0 Å². The number of pyridine rings is 1. The Balaban J connectivity index is 1.79. The fourth-order valence-corrected chi connectivity index (χ4v) is 2.76. The van der Waals surface area contributed by atoms with Gasteiger partial charge in [-0.05, 0) is 36.6 Å². The summed E-state index contributed by atoms with van der Waals surface area (Å²) in [6.07, 6.45) is 0. The largest absolute Gasteiger partial charge is 0.482 e. The van der Waals surface area contributed by atoms with Gasteiger partial charge in [-0.15, -0.1) is 0 Å². The summed E-state index contributed by atoms with van der Waals surface area (Å²) >= 11 is 0. The van der Waals surface area contributed by atoms with Crippen molar-refractivity contribution in [2.75, 3.05) is 6.61 Å². The van der Waals surface area contributed by atoms with Crippen LogP contribution in [0.25, 0.3) is 11.1 Å². The zero-order valence-electron chi connectivity index (χ0n) is 15.9. The van der Waals surface area contributed by atoms with Crippen molar-refractivity contribution >= 4 is 23.0 Å². The first kappa shape index (κ1) is 19.3. The van der Waals surface area contributed by atoms with E-state index >= 15 is 0 Å². The zero-order chi connectivity index (χ0) is 20.3. The van der Waals surface area contributed by atoms with Gasteiger partial charge >= 0.3 is 5.97 Å². The van der Waals surface area contributed by atoms with Crippen molar-refractivity contribution in [3.63, 3.8) is 0 Å². The molecule has 2 N–H and O–H groups in total. The predicted octanol–water partition coefficient (Wildman–Crippen LogP) is 3.05. The topological polar surface area (TPSA) is 115 Å². The maximum atomic E-state index is 12.8. The van der Waals surface area contributed by atoms with Crippen LogP contribution in [0.5, 0.6) is 5.75 Å². The van der Waals surface area contributed by atoms with Crippen LogP contribution >= 0.6 is 0 Å². The lowest BCUT2D eigenvalue weighted by atomic mass is 10.0. The van der Waals surface area contributed by atoms with Gasteiger partial charge in [-0.2, -0.15) is 0 Å². The Labute approximate surface area is 161 Å². The standard InChI is InChI=1S/C20H21N3O5/c1-11(2)16-8-15(18-12(3)23-28-20(18)22-16)19(26)21-9-13-5-4-6-14(7-13)27-10-17(24)25/h4-8,11H,9-10H2,1-3H3,(H,21,26)(H,24,25). The number of carboxylic acids is 1. The Morgan fingerprint density at radius 1 is 1.29 bits per heavy atom. The SMILES string of the molecule is Cc1noc2nc(C(C)C)cc(C(=O)NCc3cccc(OCC(=O)O)c3)c12. The monoisotopic (exact) mass is 383 g/mol. The molecule has 28 heavy (non-hydrogen) atoms. The lowest BCUT2D eigenvalue weighted by molar-refractivity contribution is -0.139. The summed E-state index contributed by atoms with van der Waals surface area (Å²) in [6.45, 7) is 5.58. The minimum Gasteiger partial charge on any atom is -0.482 e. The maximum absolute atomic E-state index is 12.8. The number of hydrogen-bond donors (Lipinski definition) is 2. The van der Waals surface area contributed by atoms with Crippen molar-refractivity contribution in [2.24, 2.45) is 0 Å². The van der Waals surface area contributed by atoms with Gasteiger partial charge in [0.2, 0.25) is 0 Å². The molecule has 8 heteroatoms. The molecular formula is C20H21N3O5. The van der Waals surface area contributed by atoms with Crippen LogP contribution in [0.15, 0.2) is 34.9 Å². The Kier molecular flexibility index (Phi) is 5.58. The average Bonchev–Trinajstić information content (AvgIpc) is 3.05. The van der Waals surface area contributed by atoms with E-state index in [0.29, 0.717) is 28.1 Å². The number of carboxylic acid groups (broad SMARTS) is 1. The van der Waals surface area contributed by atoms with Crippen LogP contribution in [-0.2, 0) is 11.3 Å². The van der Waals surface area contributed by atoms with E-state index < -0.39 is 12.6 Å². The molecule has 0 fully saturated rings. The van der Waals surface area contributed by atoms with Crippen LogP contribution in [0.1, 0.15) is 47.1 Å². The van der Waals surface area contributed by atoms with Crippen molar-refractivity contribution < 1.29 is 24.0 Å². The third kappa shape index (κ3) is 4.28. The number of nitrogens with zero attached hydrogens (tertiary/aromatic N) is 2. The van der Waals surface area contributed by atoms with Gasteiger partial charge in [0, 0.05) is 12.2 Å². The summed E-state index contributed by atoms with van der Waals surface area (Å²) in [5, 5.41) is 16.1. The number of nitrogens with one attached hydrogen (secondary N) is 1. The van der Waals surface area contributed by atoms with Crippen LogP contribution in [-0.4, -0.2) is 33.7 Å². The second-order valence-electron chi connectivity index (χ2n) is 6.71. The van der Waals surface area contributed by atoms with E-state index in [2.05, 4.69) is 15.5 Å². The highest BCUT2D eigenvalue weighted by Crippen LogP contribution is 2.25. The number of benzene rings is 1. The number of carbonyl (C=O) groups excluding carboxylic acids is 1. The first-order valence-electron chi connectivity index (χ1n) is 8.83. The Bertz CT molecular complexity index is 1030. The fraction of sp³-hybridized carbons (Fsp3) is 0.300. The number of aliphatic carboxylic acids is 1. The molecule has 3 rings (SSSR count). The molecule has 0 saturated heterocycles. The maximum Gasteiger partial charge on any atom is 0.341 e. The highest BCUT2D eigenvalue weighted by atomic mass is 16.5. The van der Waals surface area contributed by atoms with Gasteiger partial charge in [0.05, 0.1) is 16.6 Å². The van der Waals surface area contributed by atoms with Gasteiger partial charge in [0.1, 0.15) is 5.75 Å². The van der Waals surface area contributed by atoms with Gasteiger partial charge in [-0.1, -0.05) is 31.1 Å². The number of ether oxygens (including phenoxy) is 1. The van der Waals surface area contributed by atoms with Crippen LogP contribution in [0.3, 0.4) is 0 Å². The number of fused-ring (bicyclic) bond motifs is 1. The first-order valence-corrected chi connectivity index (χ1v) is 8.83. The molecular weight excluding hydrogens is 362 g/mol. The molecule has 2 heterocycles. The molecule has 1 aromatic carbocycles. The summed E-state index contributed by atoms with van der Waals surface area (Å²) in [5.74, 6) is -0.759.